The molecular formula is C11H19NO. The molecule has 1 amide bonds. The minimum Gasteiger partial charge on any atom is -0.342 e. The van der Waals surface area contributed by atoms with Crippen LogP contribution in [0.2, 0.25) is 0 Å². The van der Waals surface area contributed by atoms with Crippen molar-refractivity contribution in [3.05, 3.63) is 0 Å². The molecular weight excluding hydrogens is 162 g/mol. The van der Waals surface area contributed by atoms with Gasteiger partial charge in [-0.3, -0.25) is 4.79 Å². The molecule has 74 valence electrons. The average molecular weight is 181 g/mol. The summed E-state index contributed by atoms with van der Waals surface area (Å²) >= 11 is 0. The van der Waals surface area contributed by atoms with Gasteiger partial charge in [-0.2, -0.15) is 0 Å². The summed E-state index contributed by atoms with van der Waals surface area (Å²) in [4.78, 5) is 13.6. The van der Waals surface area contributed by atoms with E-state index in [9.17, 15) is 4.79 Å². The summed E-state index contributed by atoms with van der Waals surface area (Å²) < 4.78 is 0. The van der Waals surface area contributed by atoms with E-state index >= 15 is 0 Å². The Morgan fingerprint density at radius 3 is 2.62 bits per heavy atom. The molecule has 1 heterocycles. The van der Waals surface area contributed by atoms with E-state index in [2.05, 4.69) is 13.8 Å². The Balaban J connectivity index is 1.95. The first kappa shape index (κ1) is 9.04. The van der Waals surface area contributed by atoms with Gasteiger partial charge < -0.3 is 4.90 Å². The standard InChI is InChI=1S/C11H19NO/c1-3-9-5-11(6-9)7-10(13)12(4-2)8-11/h9H,3-8H2,1-2H3. The van der Waals surface area contributed by atoms with Crippen LogP contribution in [0.3, 0.4) is 0 Å². The first-order valence-corrected chi connectivity index (χ1v) is 5.47. The Labute approximate surface area is 80.3 Å². The van der Waals surface area contributed by atoms with E-state index in [1.54, 1.807) is 0 Å². The van der Waals surface area contributed by atoms with E-state index in [4.69, 9.17) is 0 Å². The zero-order valence-corrected chi connectivity index (χ0v) is 8.68. The van der Waals surface area contributed by atoms with Gasteiger partial charge >= 0.3 is 0 Å². The van der Waals surface area contributed by atoms with Gasteiger partial charge in [-0.15, -0.1) is 0 Å². The monoisotopic (exact) mass is 181 g/mol. The van der Waals surface area contributed by atoms with Gasteiger partial charge in [0.05, 0.1) is 0 Å². The van der Waals surface area contributed by atoms with Crippen LogP contribution in [0.5, 0.6) is 0 Å². The van der Waals surface area contributed by atoms with Crippen molar-refractivity contribution in [3.8, 4) is 0 Å². The van der Waals surface area contributed by atoms with Crippen LogP contribution >= 0.6 is 0 Å². The second-order valence-electron chi connectivity index (χ2n) is 4.77. The maximum Gasteiger partial charge on any atom is 0.223 e. The van der Waals surface area contributed by atoms with Gasteiger partial charge in [0.2, 0.25) is 5.91 Å². The van der Waals surface area contributed by atoms with Gasteiger partial charge in [-0.1, -0.05) is 13.3 Å². The minimum absolute atomic E-state index is 0.386. The van der Waals surface area contributed by atoms with Crippen molar-refractivity contribution < 1.29 is 4.79 Å². The van der Waals surface area contributed by atoms with Gasteiger partial charge in [-0.05, 0) is 31.1 Å². The lowest BCUT2D eigenvalue weighted by Gasteiger charge is -2.44. The van der Waals surface area contributed by atoms with Gasteiger partial charge in [0, 0.05) is 19.5 Å². The number of carbonyl (C=O) groups excluding carboxylic acids is 1. The highest BCUT2D eigenvalue weighted by Crippen LogP contribution is 2.52. The van der Waals surface area contributed by atoms with Crippen LogP contribution in [0.15, 0.2) is 0 Å². The molecule has 1 saturated heterocycles. The fourth-order valence-electron chi connectivity index (χ4n) is 3.00. The molecule has 13 heavy (non-hydrogen) atoms. The highest BCUT2D eigenvalue weighted by Gasteiger charge is 2.50. The maximum absolute atomic E-state index is 11.5. The van der Waals surface area contributed by atoms with Crippen LogP contribution < -0.4 is 0 Å². The number of rotatable bonds is 2. The molecule has 0 atom stereocenters. The Kier molecular flexibility index (Phi) is 2.09. The topological polar surface area (TPSA) is 20.3 Å². The van der Waals surface area contributed by atoms with E-state index in [-0.39, 0.29) is 0 Å². The highest BCUT2D eigenvalue weighted by atomic mass is 16.2. The molecule has 1 saturated carbocycles. The van der Waals surface area contributed by atoms with Gasteiger partial charge in [-0.25, -0.2) is 0 Å². The lowest BCUT2D eigenvalue weighted by Crippen LogP contribution is -2.39. The fraction of sp³-hybridized carbons (Fsp3) is 0.909. The van der Waals surface area contributed by atoms with Crippen LogP contribution in [0.25, 0.3) is 0 Å². The minimum atomic E-state index is 0.386. The zero-order valence-electron chi connectivity index (χ0n) is 8.68. The second-order valence-corrected chi connectivity index (χ2v) is 4.77. The lowest BCUT2D eigenvalue weighted by molar-refractivity contribution is -0.127. The van der Waals surface area contributed by atoms with E-state index in [1.165, 1.54) is 19.3 Å². The number of likely N-dealkylation sites (tertiary alicyclic amines) is 1. The van der Waals surface area contributed by atoms with Crippen LogP contribution in [-0.4, -0.2) is 23.9 Å². The molecule has 2 fully saturated rings. The van der Waals surface area contributed by atoms with Crippen molar-refractivity contribution in [2.75, 3.05) is 13.1 Å². The van der Waals surface area contributed by atoms with Crippen molar-refractivity contribution in [3.63, 3.8) is 0 Å². The Morgan fingerprint density at radius 1 is 1.46 bits per heavy atom. The summed E-state index contributed by atoms with van der Waals surface area (Å²) in [7, 11) is 0. The van der Waals surface area contributed by atoms with Crippen LogP contribution in [0, 0.1) is 11.3 Å². The summed E-state index contributed by atoms with van der Waals surface area (Å²) in [5.74, 6) is 1.29. The van der Waals surface area contributed by atoms with Crippen LogP contribution in [-0.2, 0) is 4.79 Å². The van der Waals surface area contributed by atoms with E-state index in [1.807, 2.05) is 4.90 Å². The number of amides is 1. The molecule has 2 aliphatic rings. The van der Waals surface area contributed by atoms with Gasteiger partial charge in [0.15, 0.2) is 0 Å². The predicted molar refractivity (Wildman–Crippen MR) is 52.3 cm³/mol. The quantitative estimate of drug-likeness (QED) is 0.638. The van der Waals surface area contributed by atoms with E-state index in [0.29, 0.717) is 11.3 Å². The summed E-state index contributed by atoms with van der Waals surface area (Å²) in [6.45, 7) is 6.27. The van der Waals surface area contributed by atoms with Crippen molar-refractivity contribution in [1.82, 2.24) is 4.90 Å². The molecule has 1 aliphatic carbocycles. The summed E-state index contributed by atoms with van der Waals surface area (Å²) in [6, 6.07) is 0. The molecule has 1 spiro atoms. The largest absolute Gasteiger partial charge is 0.342 e. The molecule has 0 unspecified atom stereocenters. The highest BCUT2D eigenvalue weighted by molar-refractivity contribution is 5.79. The predicted octanol–water partition coefficient (Wildman–Crippen LogP) is 2.04. The van der Waals surface area contributed by atoms with Crippen LogP contribution in [0.1, 0.15) is 39.5 Å². The average Bonchev–Trinajstić information content (AvgIpc) is 2.39. The Bertz CT molecular complexity index is 218. The van der Waals surface area contributed by atoms with Crippen molar-refractivity contribution in [2.24, 2.45) is 11.3 Å². The summed E-state index contributed by atoms with van der Waals surface area (Å²) in [6.07, 6.45) is 4.72. The van der Waals surface area contributed by atoms with Crippen molar-refractivity contribution >= 4 is 5.91 Å². The first-order chi connectivity index (χ1) is 6.19. The zero-order chi connectivity index (χ0) is 9.47. The maximum atomic E-state index is 11.5. The first-order valence-electron chi connectivity index (χ1n) is 5.47. The molecule has 2 rings (SSSR count). The molecule has 0 aromatic carbocycles. The molecule has 0 bridgehead atoms. The number of hydrogen-bond acceptors (Lipinski definition) is 1. The fourth-order valence-corrected chi connectivity index (χ4v) is 3.00. The third kappa shape index (κ3) is 1.36. The molecule has 0 aromatic heterocycles. The van der Waals surface area contributed by atoms with E-state index < -0.39 is 0 Å². The Hall–Kier alpha value is -0.530. The van der Waals surface area contributed by atoms with E-state index in [0.717, 1.165) is 25.4 Å². The smallest absolute Gasteiger partial charge is 0.223 e. The van der Waals surface area contributed by atoms with Gasteiger partial charge in [0.25, 0.3) is 0 Å². The SMILES string of the molecule is CCC1CC2(CC(=O)N(CC)C2)C1. The number of hydrogen-bond donors (Lipinski definition) is 0. The molecule has 0 N–H and O–H groups in total. The molecule has 2 nitrogen and oxygen atoms in total. The molecule has 0 radical (unpaired) electrons. The number of nitrogens with zero attached hydrogens (tertiary/aromatic N) is 1. The summed E-state index contributed by atoms with van der Waals surface area (Å²) in [5, 5.41) is 0. The summed E-state index contributed by atoms with van der Waals surface area (Å²) in [5.41, 5.74) is 0.410. The number of carbonyl (C=O) groups is 1. The van der Waals surface area contributed by atoms with Gasteiger partial charge in [0.1, 0.15) is 0 Å². The molecule has 0 aromatic rings. The van der Waals surface area contributed by atoms with Crippen molar-refractivity contribution in [2.45, 2.75) is 39.5 Å². The normalized spacial score (nSPS) is 38.5. The third-order valence-corrected chi connectivity index (χ3v) is 3.81. The molecule has 1 aliphatic heterocycles. The lowest BCUT2D eigenvalue weighted by atomic mass is 9.61. The second kappa shape index (κ2) is 3.00. The molecule has 2 heteroatoms. The Morgan fingerprint density at radius 2 is 2.15 bits per heavy atom. The van der Waals surface area contributed by atoms with Crippen LogP contribution in [0.4, 0.5) is 0 Å². The third-order valence-electron chi connectivity index (χ3n) is 3.81. The van der Waals surface area contributed by atoms with Crippen molar-refractivity contribution in [1.29, 1.82) is 0 Å².